The van der Waals surface area contributed by atoms with Gasteiger partial charge in [-0.2, -0.15) is 0 Å². The molecule has 0 saturated heterocycles. The van der Waals surface area contributed by atoms with Crippen LogP contribution in [0.3, 0.4) is 0 Å². The molecule has 1 aromatic carbocycles. The monoisotopic (exact) mass is 331 g/mol. The highest BCUT2D eigenvalue weighted by Gasteiger charge is 2.05. The van der Waals surface area contributed by atoms with E-state index in [2.05, 4.69) is 22.4 Å². The van der Waals surface area contributed by atoms with Gasteiger partial charge in [0.2, 0.25) is 11.0 Å². The lowest BCUT2D eigenvalue weighted by Gasteiger charge is -2.08. The predicted octanol–water partition coefficient (Wildman–Crippen LogP) is 3.93. The summed E-state index contributed by atoms with van der Waals surface area (Å²) in [4.78, 5) is 12.0. The van der Waals surface area contributed by atoms with Crippen molar-refractivity contribution in [3.8, 4) is 5.75 Å². The largest absolute Gasteiger partial charge is 0.493 e. The highest BCUT2D eigenvalue weighted by atomic mass is 32.1. The van der Waals surface area contributed by atoms with Gasteiger partial charge in [0.25, 0.3) is 0 Å². The fourth-order valence-corrected chi connectivity index (χ4v) is 2.52. The van der Waals surface area contributed by atoms with Gasteiger partial charge >= 0.3 is 0 Å². The van der Waals surface area contributed by atoms with Gasteiger partial charge in [-0.15, -0.1) is 10.2 Å². The van der Waals surface area contributed by atoms with Gasteiger partial charge < -0.3 is 4.74 Å². The zero-order valence-corrected chi connectivity index (χ0v) is 14.2. The summed E-state index contributed by atoms with van der Waals surface area (Å²) < 4.78 is 5.74. The number of unbranched alkanes of at least 4 members (excludes halogenated alkanes) is 1. The lowest BCUT2D eigenvalue weighted by atomic mass is 10.2. The second-order valence-electron chi connectivity index (χ2n) is 4.92. The van der Waals surface area contributed by atoms with Crippen molar-refractivity contribution in [2.24, 2.45) is 0 Å². The van der Waals surface area contributed by atoms with Crippen LogP contribution in [0.25, 0.3) is 6.08 Å². The van der Waals surface area contributed by atoms with Crippen LogP contribution in [0.2, 0.25) is 0 Å². The predicted molar refractivity (Wildman–Crippen MR) is 93.8 cm³/mol. The van der Waals surface area contributed by atoms with E-state index in [0.717, 1.165) is 35.6 Å². The van der Waals surface area contributed by atoms with Crippen molar-refractivity contribution in [3.63, 3.8) is 0 Å². The fraction of sp³-hybridized carbons (Fsp3) is 0.353. The normalized spacial score (nSPS) is 10.9. The summed E-state index contributed by atoms with van der Waals surface area (Å²) >= 11 is 1.39. The Morgan fingerprint density at radius 2 is 2.13 bits per heavy atom. The van der Waals surface area contributed by atoms with Crippen LogP contribution in [0.15, 0.2) is 30.3 Å². The van der Waals surface area contributed by atoms with Crippen LogP contribution in [0, 0.1) is 0 Å². The van der Waals surface area contributed by atoms with Crippen molar-refractivity contribution in [2.75, 3.05) is 11.9 Å². The summed E-state index contributed by atoms with van der Waals surface area (Å²) in [7, 11) is 0. The van der Waals surface area contributed by atoms with E-state index >= 15 is 0 Å². The summed E-state index contributed by atoms with van der Waals surface area (Å²) in [5, 5.41) is 12.0. The molecule has 0 saturated carbocycles. The SMILES string of the molecule is CCCCOc1ccccc1/C=C/C(=O)Nc1nnc(CC)s1. The third-order valence-corrected chi connectivity index (χ3v) is 4.07. The van der Waals surface area contributed by atoms with E-state index in [1.807, 2.05) is 31.2 Å². The highest BCUT2D eigenvalue weighted by molar-refractivity contribution is 7.15. The van der Waals surface area contributed by atoms with Gasteiger partial charge in [-0.1, -0.05) is 49.8 Å². The Hall–Kier alpha value is -2.21. The molecule has 5 nitrogen and oxygen atoms in total. The zero-order valence-electron chi connectivity index (χ0n) is 13.4. The highest BCUT2D eigenvalue weighted by Crippen LogP contribution is 2.20. The lowest BCUT2D eigenvalue weighted by Crippen LogP contribution is -2.07. The molecular formula is C17H21N3O2S. The number of carbonyl (C=O) groups excluding carboxylic acids is 1. The number of hydrogen-bond donors (Lipinski definition) is 1. The Kier molecular flexibility index (Phi) is 6.75. The number of amides is 1. The average molecular weight is 331 g/mol. The number of aromatic nitrogens is 2. The summed E-state index contributed by atoms with van der Waals surface area (Å²) in [6.45, 7) is 4.80. The molecule has 1 aromatic heterocycles. The first kappa shape index (κ1) is 17.1. The number of benzene rings is 1. The molecule has 0 aliphatic rings. The Labute approximate surface area is 140 Å². The first-order valence-corrected chi connectivity index (χ1v) is 8.57. The van der Waals surface area contributed by atoms with Crippen LogP contribution in [-0.4, -0.2) is 22.7 Å². The topological polar surface area (TPSA) is 64.1 Å². The van der Waals surface area contributed by atoms with E-state index in [4.69, 9.17) is 4.74 Å². The molecule has 2 rings (SSSR count). The third-order valence-electron chi connectivity index (χ3n) is 3.09. The molecule has 2 aromatic rings. The van der Waals surface area contributed by atoms with Gasteiger partial charge in [0.1, 0.15) is 10.8 Å². The maximum atomic E-state index is 12.0. The number of nitrogens with zero attached hydrogens (tertiary/aromatic N) is 2. The minimum Gasteiger partial charge on any atom is -0.493 e. The van der Waals surface area contributed by atoms with Crippen molar-refractivity contribution in [3.05, 3.63) is 40.9 Å². The van der Waals surface area contributed by atoms with E-state index in [9.17, 15) is 4.79 Å². The van der Waals surface area contributed by atoms with Crippen LogP contribution in [0.4, 0.5) is 5.13 Å². The molecule has 0 aliphatic carbocycles. The second kappa shape index (κ2) is 9.05. The van der Waals surface area contributed by atoms with E-state index < -0.39 is 0 Å². The molecule has 1 heterocycles. The van der Waals surface area contributed by atoms with Gasteiger partial charge in [0, 0.05) is 11.6 Å². The van der Waals surface area contributed by atoms with Crippen LogP contribution in [-0.2, 0) is 11.2 Å². The molecule has 0 atom stereocenters. The fourth-order valence-electron chi connectivity index (χ4n) is 1.84. The quantitative estimate of drug-likeness (QED) is 0.588. The number of nitrogens with one attached hydrogen (secondary N) is 1. The summed E-state index contributed by atoms with van der Waals surface area (Å²) in [6.07, 6.45) is 6.14. The van der Waals surface area contributed by atoms with Crippen LogP contribution in [0.1, 0.15) is 37.3 Å². The van der Waals surface area contributed by atoms with E-state index in [0.29, 0.717) is 11.7 Å². The first-order chi connectivity index (χ1) is 11.2. The van der Waals surface area contributed by atoms with Crippen LogP contribution in [0.5, 0.6) is 5.75 Å². The van der Waals surface area contributed by atoms with Crippen molar-refractivity contribution >= 4 is 28.5 Å². The molecule has 0 radical (unpaired) electrons. The molecule has 0 bridgehead atoms. The maximum absolute atomic E-state index is 12.0. The van der Waals surface area contributed by atoms with E-state index in [1.54, 1.807) is 6.08 Å². The molecule has 0 aliphatic heterocycles. The number of anilines is 1. The average Bonchev–Trinajstić information content (AvgIpc) is 3.02. The van der Waals surface area contributed by atoms with Gasteiger partial charge in [-0.3, -0.25) is 10.1 Å². The van der Waals surface area contributed by atoms with Gasteiger partial charge in [-0.25, -0.2) is 0 Å². The van der Waals surface area contributed by atoms with Gasteiger partial charge in [0.15, 0.2) is 0 Å². The zero-order chi connectivity index (χ0) is 16.5. The Balaban J connectivity index is 1.97. The van der Waals surface area contributed by atoms with E-state index in [1.165, 1.54) is 17.4 Å². The number of rotatable bonds is 8. The van der Waals surface area contributed by atoms with Crippen molar-refractivity contribution in [2.45, 2.75) is 33.1 Å². The van der Waals surface area contributed by atoms with E-state index in [-0.39, 0.29) is 5.91 Å². The molecule has 0 spiro atoms. The van der Waals surface area contributed by atoms with Crippen LogP contribution < -0.4 is 10.1 Å². The molecule has 0 fully saturated rings. The standard InChI is InChI=1S/C17H21N3O2S/c1-3-5-12-22-14-9-7-6-8-13(14)10-11-15(21)18-17-20-19-16(4-2)23-17/h6-11H,3-5,12H2,1-2H3,(H,18,20,21)/b11-10+. The molecule has 1 amide bonds. The van der Waals surface area contributed by atoms with Crippen LogP contribution >= 0.6 is 11.3 Å². The number of aryl methyl sites for hydroxylation is 1. The summed E-state index contributed by atoms with van der Waals surface area (Å²) in [6, 6.07) is 7.67. The third kappa shape index (κ3) is 5.49. The smallest absolute Gasteiger partial charge is 0.250 e. The van der Waals surface area contributed by atoms with Crippen molar-refractivity contribution < 1.29 is 9.53 Å². The number of ether oxygens (including phenoxy) is 1. The van der Waals surface area contributed by atoms with Gasteiger partial charge in [-0.05, 0) is 25.0 Å². The Bertz CT molecular complexity index is 667. The minimum absolute atomic E-state index is 0.229. The molecule has 0 unspecified atom stereocenters. The number of hydrogen-bond acceptors (Lipinski definition) is 5. The molecule has 23 heavy (non-hydrogen) atoms. The van der Waals surface area contributed by atoms with Gasteiger partial charge in [0.05, 0.1) is 6.61 Å². The molecule has 1 N–H and O–H groups in total. The lowest BCUT2D eigenvalue weighted by molar-refractivity contribution is -0.111. The maximum Gasteiger partial charge on any atom is 0.250 e. The first-order valence-electron chi connectivity index (χ1n) is 7.76. The minimum atomic E-state index is -0.229. The molecular weight excluding hydrogens is 310 g/mol. The Morgan fingerprint density at radius 3 is 2.87 bits per heavy atom. The number of carbonyl (C=O) groups is 1. The summed E-state index contributed by atoms with van der Waals surface area (Å²) in [5.74, 6) is 0.557. The Morgan fingerprint density at radius 1 is 1.30 bits per heavy atom. The molecule has 122 valence electrons. The summed E-state index contributed by atoms with van der Waals surface area (Å²) in [5.41, 5.74) is 0.880. The molecule has 6 heteroatoms. The van der Waals surface area contributed by atoms with Crippen molar-refractivity contribution in [1.29, 1.82) is 0 Å². The van der Waals surface area contributed by atoms with Crippen molar-refractivity contribution in [1.82, 2.24) is 10.2 Å². The second-order valence-corrected chi connectivity index (χ2v) is 5.98. The number of para-hydroxylation sites is 1.